The molecule has 7 nitrogen and oxygen atoms in total. The Hall–Kier alpha value is -2.44. The first kappa shape index (κ1) is 10.6. The monoisotopic (exact) mass is 211 g/mol. The molecule has 0 heterocycles. The summed E-state index contributed by atoms with van der Waals surface area (Å²) in [5.41, 5.74) is -1.67. The highest BCUT2D eigenvalue weighted by atomic mass is 16.6. The minimum absolute atomic E-state index is 0.148. The third-order valence-corrected chi connectivity index (χ3v) is 1.69. The molecule has 0 aliphatic heterocycles. The third-order valence-electron chi connectivity index (χ3n) is 1.69. The topological polar surface area (TPSA) is 118 Å². The van der Waals surface area contributed by atoms with Gasteiger partial charge in [-0.3, -0.25) is 14.9 Å². The summed E-state index contributed by atoms with van der Waals surface area (Å²) in [6.45, 7) is 0. The fourth-order valence-corrected chi connectivity index (χ4v) is 0.999. The van der Waals surface area contributed by atoms with Crippen LogP contribution in [0.5, 0.6) is 5.75 Å². The minimum atomic E-state index is -1.54. The summed E-state index contributed by atoms with van der Waals surface area (Å²) >= 11 is 0. The number of carbonyl (C=O) groups is 2. The smallest absolute Gasteiger partial charge is 0.339 e. The largest absolute Gasteiger partial charge is 0.506 e. The number of hydrogen-bond donors (Lipinski definition) is 2. The highest BCUT2D eigenvalue weighted by Crippen LogP contribution is 2.27. The van der Waals surface area contributed by atoms with Crippen molar-refractivity contribution in [1.29, 1.82) is 0 Å². The number of hydrogen-bond acceptors (Lipinski definition) is 5. The van der Waals surface area contributed by atoms with Crippen molar-refractivity contribution in [1.82, 2.24) is 0 Å². The molecular weight excluding hydrogens is 206 g/mol. The van der Waals surface area contributed by atoms with Crippen LogP contribution in [-0.2, 0) is 0 Å². The molecule has 0 aliphatic carbocycles. The second kappa shape index (κ2) is 3.74. The Kier molecular flexibility index (Phi) is 2.65. The molecule has 1 aromatic rings. The van der Waals surface area contributed by atoms with E-state index in [0.717, 1.165) is 6.07 Å². The number of aldehydes is 1. The number of benzene rings is 1. The van der Waals surface area contributed by atoms with Crippen LogP contribution in [0.25, 0.3) is 0 Å². The lowest BCUT2D eigenvalue weighted by molar-refractivity contribution is -0.384. The van der Waals surface area contributed by atoms with Crippen LogP contribution >= 0.6 is 0 Å². The molecule has 7 heteroatoms. The van der Waals surface area contributed by atoms with Gasteiger partial charge in [0.2, 0.25) is 0 Å². The highest BCUT2D eigenvalue weighted by molar-refractivity contribution is 5.96. The number of phenols is 1. The summed E-state index contributed by atoms with van der Waals surface area (Å²) in [7, 11) is 0. The SMILES string of the molecule is O=Cc1cc([N+](=O)[O-])cc(C(=O)O)c1O. The van der Waals surface area contributed by atoms with Crippen molar-refractivity contribution in [3.63, 3.8) is 0 Å². The van der Waals surface area contributed by atoms with Gasteiger partial charge in [0.15, 0.2) is 6.29 Å². The van der Waals surface area contributed by atoms with E-state index in [1.54, 1.807) is 0 Å². The number of carboxylic acid groups (broad SMARTS) is 1. The lowest BCUT2D eigenvalue weighted by atomic mass is 10.1. The molecule has 0 amide bonds. The number of nitrogens with zero attached hydrogens (tertiary/aromatic N) is 1. The average molecular weight is 211 g/mol. The summed E-state index contributed by atoms with van der Waals surface area (Å²) in [5.74, 6) is -2.32. The van der Waals surface area contributed by atoms with Gasteiger partial charge >= 0.3 is 5.97 Å². The van der Waals surface area contributed by atoms with Gasteiger partial charge in [-0.2, -0.15) is 0 Å². The van der Waals surface area contributed by atoms with Gasteiger partial charge in [0.1, 0.15) is 11.3 Å². The van der Waals surface area contributed by atoms with Gasteiger partial charge in [-0.25, -0.2) is 4.79 Å². The summed E-state index contributed by atoms with van der Waals surface area (Å²) < 4.78 is 0. The molecule has 1 aromatic carbocycles. The molecule has 0 aliphatic rings. The van der Waals surface area contributed by atoms with Gasteiger partial charge in [-0.1, -0.05) is 0 Å². The van der Waals surface area contributed by atoms with E-state index in [1.165, 1.54) is 0 Å². The van der Waals surface area contributed by atoms with Gasteiger partial charge in [0.05, 0.1) is 10.5 Å². The molecule has 0 spiro atoms. The van der Waals surface area contributed by atoms with Crippen molar-refractivity contribution in [2.45, 2.75) is 0 Å². The van der Waals surface area contributed by atoms with Crippen molar-refractivity contribution in [3.05, 3.63) is 33.4 Å². The number of aromatic hydroxyl groups is 1. The van der Waals surface area contributed by atoms with Gasteiger partial charge in [0, 0.05) is 12.1 Å². The normalized spacial score (nSPS) is 9.60. The second-order valence-electron chi connectivity index (χ2n) is 2.61. The van der Waals surface area contributed by atoms with E-state index in [2.05, 4.69) is 0 Å². The number of carbonyl (C=O) groups excluding carboxylic acids is 1. The molecule has 0 radical (unpaired) electrons. The van der Waals surface area contributed by atoms with E-state index in [0.29, 0.717) is 6.07 Å². The lowest BCUT2D eigenvalue weighted by Gasteiger charge is -2.01. The first-order valence-corrected chi connectivity index (χ1v) is 3.67. The molecular formula is C8H5NO6. The lowest BCUT2D eigenvalue weighted by Crippen LogP contribution is -2.01. The fourth-order valence-electron chi connectivity index (χ4n) is 0.999. The van der Waals surface area contributed by atoms with Gasteiger partial charge in [0.25, 0.3) is 5.69 Å². The predicted octanol–water partition coefficient (Wildman–Crippen LogP) is 0.811. The standard InChI is InChI=1S/C8H5NO6/c10-3-4-1-5(9(14)15)2-6(7(4)11)8(12)13/h1-3,11H,(H,12,13). The zero-order valence-corrected chi connectivity index (χ0v) is 7.21. The quantitative estimate of drug-likeness (QED) is 0.434. The summed E-state index contributed by atoms with van der Waals surface area (Å²) in [6, 6.07) is 1.49. The van der Waals surface area contributed by atoms with Crippen molar-refractivity contribution < 1.29 is 24.7 Å². The van der Waals surface area contributed by atoms with Crippen LogP contribution < -0.4 is 0 Å². The number of nitro benzene ring substituents is 1. The molecule has 0 unspecified atom stereocenters. The second-order valence-corrected chi connectivity index (χ2v) is 2.61. The predicted molar refractivity (Wildman–Crippen MR) is 47.1 cm³/mol. The molecule has 2 N–H and O–H groups in total. The fraction of sp³-hybridized carbons (Fsp3) is 0. The van der Waals surface area contributed by atoms with Crippen LogP contribution in [0, 0.1) is 10.1 Å². The molecule has 0 saturated carbocycles. The van der Waals surface area contributed by atoms with Crippen molar-refractivity contribution in [3.8, 4) is 5.75 Å². The molecule has 0 aromatic heterocycles. The Labute approximate surface area is 82.7 Å². The van der Waals surface area contributed by atoms with E-state index in [1.807, 2.05) is 0 Å². The molecule has 0 fully saturated rings. The van der Waals surface area contributed by atoms with Crippen molar-refractivity contribution in [2.24, 2.45) is 0 Å². The van der Waals surface area contributed by atoms with Crippen LogP contribution in [0.2, 0.25) is 0 Å². The maximum atomic E-state index is 10.6. The van der Waals surface area contributed by atoms with Crippen LogP contribution in [0.1, 0.15) is 20.7 Å². The van der Waals surface area contributed by atoms with E-state index in [4.69, 9.17) is 5.11 Å². The van der Waals surface area contributed by atoms with Crippen LogP contribution in [0.4, 0.5) is 5.69 Å². The number of aromatic carboxylic acids is 1. The van der Waals surface area contributed by atoms with E-state index >= 15 is 0 Å². The summed E-state index contributed by atoms with van der Waals surface area (Å²) in [5, 5.41) is 28.2. The Morgan fingerprint density at radius 1 is 1.47 bits per heavy atom. The number of nitro groups is 1. The molecule has 1 rings (SSSR count). The highest BCUT2D eigenvalue weighted by Gasteiger charge is 2.19. The molecule has 0 bridgehead atoms. The maximum Gasteiger partial charge on any atom is 0.339 e. The van der Waals surface area contributed by atoms with Crippen LogP contribution in [0.15, 0.2) is 12.1 Å². The Bertz CT molecular complexity index is 453. The van der Waals surface area contributed by atoms with E-state index < -0.39 is 33.5 Å². The number of non-ortho nitro benzene ring substituents is 1. The number of carboxylic acids is 1. The summed E-state index contributed by atoms with van der Waals surface area (Å²) in [4.78, 5) is 30.5. The zero-order chi connectivity index (χ0) is 11.6. The number of rotatable bonds is 3. The molecule has 15 heavy (non-hydrogen) atoms. The zero-order valence-electron chi connectivity index (χ0n) is 7.21. The molecule has 78 valence electrons. The van der Waals surface area contributed by atoms with Gasteiger partial charge < -0.3 is 10.2 Å². The third kappa shape index (κ3) is 1.90. The molecule has 0 atom stereocenters. The summed E-state index contributed by atoms with van der Waals surface area (Å²) in [6.07, 6.45) is 0.148. The van der Waals surface area contributed by atoms with Crippen LogP contribution in [-0.4, -0.2) is 27.4 Å². The van der Waals surface area contributed by atoms with E-state index in [-0.39, 0.29) is 6.29 Å². The van der Waals surface area contributed by atoms with Gasteiger partial charge in [-0.15, -0.1) is 0 Å². The van der Waals surface area contributed by atoms with Crippen molar-refractivity contribution in [2.75, 3.05) is 0 Å². The molecule has 0 saturated heterocycles. The Morgan fingerprint density at radius 2 is 2.07 bits per heavy atom. The van der Waals surface area contributed by atoms with Gasteiger partial charge in [-0.05, 0) is 0 Å². The average Bonchev–Trinajstić information content (AvgIpc) is 2.17. The Morgan fingerprint density at radius 3 is 2.47 bits per heavy atom. The minimum Gasteiger partial charge on any atom is -0.506 e. The first-order valence-electron chi connectivity index (χ1n) is 3.67. The maximum absolute atomic E-state index is 10.6. The Balaban J connectivity index is 3.51. The van der Waals surface area contributed by atoms with E-state index in [9.17, 15) is 24.8 Å². The van der Waals surface area contributed by atoms with Crippen LogP contribution in [0.3, 0.4) is 0 Å². The van der Waals surface area contributed by atoms with Crippen molar-refractivity contribution >= 4 is 17.9 Å². The first-order chi connectivity index (χ1) is 6.97.